The lowest BCUT2D eigenvalue weighted by Gasteiger charge is -1.95. The van der Waals surface area contributed by atoms with Crippen molar-refractivity contribution >= 4 is 5.97 Å². The molecule has 0 aliphatic carbocycles. The second-order valence-corrected chi connectivity index (χ2v) is 1.48. The first-order valence-electron chi connectivity index (χ1n) is 2.59. The van der Waals surface area contributed by atoms with E-state index in [1.807, 2.05) is 0 Å². The zero-order valence-corrected chi connectivity index (χ0v) is 5.46. The Bertz CT molecular complexity index is 200. The molecule has 0 aromatic rings. The lowest BCUT2D eigenvalue weighted by Crippen LogP contribution is -2.05. The summed E-state index contributed by atoms with van der Waals surface area (Å²) in [6.07, 6.45) is 1.42. The van der Waals surface area contributed by atoms with Crippen LogP contribution in [0.1, 0.15) is 0 Å². The summed E-state index contributed by atoms with van der Waals surface area (Å²) in [5, 5.41) is 8.13. The van der Waals surface area contributed by atoms with E-state index in [9.17, 15) is 4.79 Å². The Labute approximate surface area is 59.2 Å². The van der Waals surface area contributed by atoms with Crippen molar-refractivity contribution < 1.29 is 9.53 Å². The van der Waals surface area contributed by atoms with Crippen molar-refractivity contribution in [1.29, 1.82) is 5.26 Å². The quantitative estimate of drug-likeness (QED) is 0.250. The fourth-order valence-electron chi connectivity index (χ4n) is 0.267. The molecule has 0 rings (SSSR count). The molecule has 0 aromatic heterocycles. The zero-order valence-electron chi connectivity index (χ0n) is 5.46. The number of hydrogen-bond donors (Lipinski definition) is 0. The topological polar surface area (TPSA) is 50.1 Å². The van der Waals surface area contributed by atoms with Crippen molar-refractivity contribution in [1.82, 2.24) is 0 Å². The largest absolute Gasteiger partial charge is 0.457 e. The van der Waals surface area contributed by atoms with Crippen molar-refractivity contribution in [2.75, 3.05) is 6.61 Å². The Kier molecular flexibility index (Phi) is 3.66. The van der Waals surface area contributed by atoms with E-state index in [1.54, 1.807) is 6.07 Å². The lowest BCUT2D eigenvalue weighted by molar-refractivity contribution is -0.137. The van der Waals surface area contributed by atoms with Crippen molar-refractivity contribution in [2.24, 2.45) is 0 Å². The number of carbonyl (C=O) groups excluding carboxylic acids is 1. The predicted molar refractivity (Wildman–Crippen MR) is 35.9 cm³/mol. The van der Waals surface area contributed by atoms with Gasteiger partial charge in [-0.15, -0.1) is 0 Å². The normalized spacial score (nSPS) is 7.50. The average molecular weight is 137 g/mol. The minimum absolute atomic E-state index is 0.111. The van der Waals surface area contributed by atoms with E-state index in [2.05, 4.69) is 17.9 Å². The number of hydrogen-bond acceptors (Lipinski definition) is 3. The maximum atomic E-state index is 10.5. The van der Waals surface area contributed by atoms with E-state index < -0.39 is 5.97 Å². The van der Waals surface area contributed by atoms with Crippen LogP contribution < -0.4 is 0 Å². The molecule has 10 heavy (non-hydrogen) atoms. The fraction of sp³-hybridized carbons (Fsp3) is 0.143. The van der Waals surface area contributed by atoms with Gasteiger partial charge in [0.15, 0.2) is 0 Å². The van der Waals surface area contributed by atoms with Gasteiger partial charge in [-0.2, -0.15) is 5.26 Å². The van der Waals surface area contributed by atoms with Crippen molar-refractivity contribution in [2.45, 2.75) is 0 Å². The summed E-state index contributed by atoms with van der Waals surface area (Å²) in [4.78, 5) is 10.5. The lowest BCUT2D eigenvalue weighted by atomic mass is 10.3. The van der Waals surface area contributed by atoms with Crippen LogP contribution in [-0.4, -0.2) is 12.6 Å². The predicted octanol–water partition coefficient (Wildman–Crippen LogP) is 0.795. The zero-order chi connectivity index (χ0) is 7.98. The third-order valence-electron chi connectivity index (χ3n) is 0.714. The van der Waals surface area contributed by atoms with Gasteiger partial charge < -0.3 is 4.74 Å². The van der Waals surface area contributed by atoms with E-state index in [4.69, 9.17) is 5.26 Å². The first kappa shape index (κ1) is 8.44. The Morgan fingerprint density at radius 3 is 2.80 bits per heavy atom. The molecule has 0 N–H and O–H groups in total. The van der Waals surface area contributed by atoms with E-state index in [1.165, 1.54) is 6.08 Å². The molecule has 0 radical (unpaired) electrons. The highest BCUT2D eigenvalue weighted by Crippen LogP contribution is 1.90. The van der Waals surface area contributed by atoms with Crippen LogP contribution in [-0.2, 0) is 9.53 Å². The van der Waals surface area contributed by atoms with Crippen molar-refractivity contribution in [3.05, 3.63) is 24.8 Å². The summed E-state index contributed by atoms with van der Waals surface area (Å²) in [6, 6.07) is 1.57. The molecule has 3 nitrogen and oxygen atoms in total. The summed E-state index contributed by atoms with van der Waals surface area (Å²) in [7, 11) is 0. The Morgan fingerprint density at radius 1 is 1.80 bits per heavy atom. The Morgan fingerprint density at radius 2 is 2.40 bits per heavy atom. The highest BCUT2D eigenvalue weighted by atomic mass is 16.5. The molecule has 0 atom stereocenters. The number of ether oxygens (including phenoxy) is 1. The summed E-state index contributed by atoms with van der Waals surface area (Å²) in [6.45, 7) is 6.59. The van der Waals surface area contributed by atoms with Gasteiger partial charge in [0.2, 0.25) is 0 Å². The van der Waals surface area contributed by atoms with Crippen LogP contribution >= 0.6 is 0 Å². The van der Waals surface area contributed by atoms with Gasteiger partial charge in [0.25, 0.3) is 0 Å². The number of carbonyl (C=O) groups is 1. The van der Waals surface area contributed by atoms with Crippen LogP contribution in [0.2, 0.25) is 0 Å². The molecular weight excluding hydrogens is 130 g/mol. The molecule has 0 bridgehead atoms. The van der Waals surface area contributed by atoms with Crippen LogP contribution in [0.25, 0.3) is 0 Å². The maximum Gasteiger partial charge on any atom is 0.348 e. The van der Waals surface area contributed by atoms with Crippen molar-refractivity contribution in [3.63, 3.8) is 0 Å². The van der Waals surface area contributed by atoms with Gasteiger partial charge in [-0.1, -0.05) is 19.2 Å². The van der Waals surface area contributed by atoms with Crippen molar-refractivity contribution in [3.8, 4) is 6.07 Å². The van der Waals surface area contributed by atoms with Crippen LogP contribution in [0, 0.1) is 11.3 Å². The maximum absolute atomic E-state index is 10.5. The molecule has 0 unspecified atom stereocenters. The standard InChI is InChI=1S/C7H7NO2/c1-3-4-10-7(9)6(2)5-8/h3H,1-2,4H2. The minimum atomic E-state index is -0.692. The van der Waals surface area contributed by atoms with Gasteiger partial charge in [0.05, 0.1) is 0 Å². The molecule has 0 amide bonds. The number of nitrogens with zero attached hydrogens (tertiary/aromatic N) is 1. The molecule has 0 aliphatic heterocycles. The van der Waals surface area contributed by atoms with Gasteiger partial charge in [-0.25, -0.2) is 4.79 Å². The minimum Gasteiger partial charge on any atom is -0.457 e. The molecule has 0 fully saturated rings. The second-order valence-electron chi connectivity index (χ2n) is 1.48. The van der Waals surface area contributed by atoms with Gasteiger partial charge in [-0.3, -0.25) is 0 Å². The number of nitriles is 1. The molecule has 0 aromatic carbocycles. The average Bonchev–Trinajstić information content (AvgIpc) is 1.98. The monoisotopic (exact) mass is 137 g/mol. The summed E-state index contributed by atoms with van der Waals surface area (Å²) in [5.41, 5.74) is -0.193. The molecule has 3 heteroatoms. The SMILES string of the molecule is C=CCOC(=O)C(=C)C#N. The third kappa shape index (κ3) is 2.68. The summed E-state index contributed by atoms with van der Waals surface area (Å²) >= 11 is 0. The first-order chi connectivity index (χ1) is 4.72. The van der Waals surface area contributed by atoms with Gasteiger partial charge >= 0.3 is 5.97 Å². The molecule has 0 spiro atoms. The van der Waals surface area contributed by atoms with Gasteiger partial charge in [0, 0.05) is 0 Å². The van der Waals surface area contributed by atoms with E-state index in [0.29, 0.717) is 0 Å². The number of rotatable bonds is 3. The first-order valence-corrected chi connectivity index (χ1v) is 2.59. The van der Waals surface area contributed by atoms with Gasteiger partial charge in [-0.05, 0) is 0 Å². The van der Waals surface area contributed by atoms with Gasteiger partial charge in [0.1, 0.15) is 18.2 Å². The molecule has 0 saturated carbocycles. The van der Waals surface area contributed by atoms with E-state index >= 15 is 0 Å². The van der Waals surface area contributed by atoms with Crippen LogP contribution in [0.5, 0.6) is 0 Å². The second kappa shape index (κ2) is 4.33. The van der Waals surface area contributed by atoms with E-state index in [0.717, 1.165) is 0 Å². The fourth-order valence-corrected chi connectivity index (χ4v) is 0.267. The Balaban J connectivity index is 3.76. The number of esters is 1. The highest BCUT2D eigenvalue weighted by molar-refractivity contribution is 5.91. The molecule has 0 aliphatic rings. The summed E-state index contributed by atoms with van der Waals surface area (Å²) < 4.78 is 4.46. The van der Waals surface area contributed by atoms with Crippen LogP contribution in [0.4, 0.5) is 0 Å². The molecular formula is C7H7NO2. The Hall–Kier alpha value is -1.56. The van der Waals surface area contributed by atoms with Crippen LogP contribution in [0.3, 0.4) is 0 Å². The van der Waals surface area contributed by atoms with E-state index in [-0.39, 0.29) is 12.2 Å². The smallest absolute Gasteiger partial charge is 0.348 e. The highest BCUT2D eigenvalue weighted by Gasteiger charge is 2.04. The summed E-state index contributed by atoms with van der Waals surface area (Å²) in [5.74, 6) is -0.692. The molecule has 0 heterocycles. The third-order valence-corrected chi connectivity index (χ3v) is 0.714. The molecule has 52 valence electrons. The van der Waals surface area contributed by atoms with Crippen LogP contribution in [0.15, 0.2) is 24.8 Å². The molecule has 0 saturated heterocycles.